The van der Waals surface area contributed by atoms with E-state index in [0.717, 1.165) is 44.0 Å². The van der Waals surface area contributed by atoms with E-state index in [-0.39, 0.29) is 6.10 Å². The van der Waals surface area contributed by atoms with E-state index in [1.54, 1.807) is 0 Å². The molecule has 0 aromatic carbocycles. The van der Waals surface area contributed by atoms with Gasteiger partial charge in [0.15, 0.2) is 0 Å². The van der Waals surface area contributed by atoms with Crippen LogP contribution in [0.2, 0.25) is 0 Å². The van der Waals surface area contributed by atoms with Gasteiger partial charge in [-0.2, -0.15) is 0 Å². The van der Waals surface area contributed by atoms with Crippen LogP contribution in [0.15, 0.2) is 18.2 Å². The standard InChI is InChI=1S/C15H23N3O/c1-11-4-3-5-13(16-11)8-17-9-14-6-15(19)10-18(14)7-12(17)2/h3-5,12,14-15,19H,6-10H2,1-2H3/t12-,14?,15+/m0/s1. The Kier molecular flexibility index (Phi) is 3.56. The first-order chi connectivity index (χ1) is 9.11. The van der Waals surface area contributed by atoms with Gasteiger partial charge in [0.05, 0.1) is 11.8 Å². The van der Waals surface area contributed by atoms with Crippen molar-refractivity contribution >= 4 is 0 Å². The molecule has 4 nitrogen and oxygen atoms in total. The average Bonchev–Trinajstić information content (AvgIpc) is 2.69. The number of aryl methyl sites for hydroxylation is 1. The lowest BCUT2D eigenvalue weighted by atomic mass is 10.1. The summed E-state index contributed by atoms with van der Waals surface area (Å²) in [4.78, 5) is 9.54. The van der Waals surface area contributed by atoms with E-state index in [2.05, 4.69) is 33.8 Å². The maximum absolute atomic E-state index is 9.79. The van der Waals surface area contributed by atoms with E-state index >= 15 is 0 Å². The second-order valence-corrected chi connectivity index (χ2v) is 6.05. The van der Waals surface area contributed by atoms with Gasteiger partial charge in [-0.05, 0) is 32.4 Å². The van der Waals surface area contributed by atoms with Crippen LogP contribution in [0.25, 0.3) is 0 Å². The molecule has 2 aliphatic rings. The van der Waals surface area contributed by atoms with Gasteiger partial charge in [0.2, 0.25) is 0 Å². The highest BCUT2D eigenvalue weighted by atomic mass is 16.3. The molecule has 3 atom stereocenters. The number of hydrogen-bond donors (Lipinski definition) is 1. The Morgan fingerprint density at radius 2 is 2.16 bits per heavy atom. The third kappa shape index (κ3) is 2.81. The maximum atomic E-state index is 9.79. The number of aliphatic hydroxyl groups is 1. The van der Waals surface area contributed by atoms with Gasteiger partial charge in [-0.1, -0.05) is 6.07 Å². The van der Waals surface area contributed by atoms with Crippen LogP contribution >= 0.6 is 0 Å². The van der Waals surface area contributed by atoms with Gasteiger partial charge in [0, 0.05) is 44.0 Å². The molecule has 2 aliphatic heterocycles. The van der Waals surface area contributed by atoms with Crippen LogP contribution in [0.1, 0.15) is 24.7 Å². The zero-order valence-corrected chi connectivity index (χ0v) is 11.8. The lowest BCUT2D eigenvalue weighted by Gasteiger charge is -2.42. The molecule has 1 unspecified atom stereocenters. The Balaban J connectivity index is 1.68. The molecule has 1 aromatic heterocycles. The number of hydrogen-bond acceptors (Lipinski definition) is 4. The first kappa shape index (κ1) is 13.0. The van der Waals surface area contributed by atoms with Crippen molar-refractivity contribution < 1.29 is 5.11 Å². The number of nitrogens with zero attached hydrogens (tertiary/aromatic N) is 3. The van der Waals surface area contributed by atoms with Gasteiger partial charge in [0.1, 0.15) is 0 Å². The van der Waals surface area contributed by atoms with Crippen LogP contribution in [0.3, 0.4) is 0 Å². The first-order valence-corrected chi connectivity index (χ1v) is 7.20. The maximum Gasteiger partial charge on any atom is 0.0682 e. The molecule has 0 spiro atoms. The van der Waals surface area contributed by atoms with Gasteiger partial charge in [-0.3, -0.25) is 14.8 Å². The van der Waals surface area contributed by atoms with Gasteiger partial charge < -0.3 is 5.11 Å². The van der Waals surface area contributed by atoms with E-state index in [0.29, 0.717) is 12.1 Å². The fourth-order valence-corrected chi connectivity index (χ4v) is 3.39. The molecule has 2 fully saturated rings. The Morgan fingerprint density at radius 3 is 2.95 bits per heavy atom. The summed E-state index contributed by atoms with van der Waals surface area (Å²) in [5.74, 6) is 0. The smallest absolute Gasteiger partial charge is 0.0682 e. The van der Waals surface area contributed by atoms with E-state index in [1.165, 1.54) is 0 Å². The van der Waals surface area contributed by atoms with Crippen molar-refractivity contribution in [1.29, 1.82) is 0 Å². The Labute approximate surface area is 115 Å². The molecule has 3 rings (SSSR count). The first-order valence-electron chi connectivity index (χ1n) is 7.20. The zero-order valence-electron chi connectivity index (χ0n) is 11.8. The molecule has 0 saturated carbocycles. The highest BCUT2D eigenvalue weighted by Gasteiger charge is 2.38. The number of pyridine rings is 1. The summed E-state index contributed by atoms with van der Waals surface area (Å²) in [6, 6.07) is 7.28. The largest absolute Gasteiger partial charge is 0.392 e. The number of aliphatic hydroxyl groups excluding tert-OH is 1. The molecule has 104 valence electrons. The molecule has 4 heteroatoms. The van der Waals surface area contributed by atoms with Gasteiger partial charge in [-0.25, -0.2) is 0 Å². The number of aromatic nitrogens is 1. The molecule has 1 N–H and O–H groups in total. The molecule has 0 radical (unpaired) electrons. The number of piperazine rings is 1. The highest BCUT2D eigenvalue weighted by Crippen LogP contribution is 2.25. The van der Waals surface area contributed by atoms with E-state index < -0.39 is 0 Å². The molecule has 2 saturated heterocycles. The van der Waals surface area contributed by atoms with Crippen LogP contribution in [-0.4, -0.2) is 57.7 Å². The van der Waals surface area contributed by atoms with E-state index in [4.69, 9.17) is 0 Å². The monoisotopic (exact) mass is 261 g/mol. The highest BCUT2D eigenvalue weighted by molar-refractivity contribution is 5.10. The number of rotatable bonds is 2. The van der Waals surface area contributed by atoms with Crippen LogP contribution in [0, 0.1) is 6.92 Å². The third-order valence-electron chi connectivity index (χ3n) is 4.38. The van der Waals surface area contributed by atoms with Crippen molar-refractivity contribution in [1.82, 2.24) is 14.8 Å². The summed E-state index contributed by atoms with van der Waals surface area (Å²) in [5.41, 5.74) is 2.24. The summed E-state index contributed by atoms with van der Waals surface area (Å²) in [6.45, 7) is 8.20. The minimum Gasteiger partial charge on any atom is -0.392 e. The van der Waals surface area contributed by atoms with Gasteiger partial charge in [-0.15, -0.1) is 0 Å². The predicted molar refractivity (Wildman–Crippen MR) is 74.8 cm³/mol. The van der Waals surface area contributed by atoms with Crippen molar-refractivity contribution in [2.45, 2.75) is 45.0 Å². The minimum absolute atomic E-state index is 0.130. The van der Waals surface area contributed by atoms with Crippen molar-refractivity contribution in [2.24, 2.45) is 0 Å². The Hall–Kier alpha value is -0.970. The lowest BCUT2D eigenvalue weighted by molar-refractivity contribution is 0.0520. The fourth-order valence-electron chi connectivity index (χ4n) is 3.39. The van der Waals surface area contributed by atoms with Crippen molar-refractivity contribution in [3.8, 4) is 0 Å². The SMILES string of the molecule is Cc1cccc(CN2CC3C[C@@H](O)CN3C[C@@H]2C)n1. The fraction of sp³-hybridized carbons (Fsp3) is 0.667. The predicted octanol–water partition coefficient (Wildman–Crippen LogP) is 1.03. The summed E-state index contributed by atoms with van der Waals surface area (Å²) >= 11 is 0. The van der Waals surface area contributed by atoms with Crippen LogP contribution < -0.4 is 0 Å². The number of fused-ring (bicyclic) bond motifs is 1. The summed E-state index contributed by atoms with van der Waals surface area (Å²) < 4.78 is 0. The summed E-state index contributed by atoms with van der Waals surface area (Å²) in [5, 5.41) is 9.79. The van der Waals surface area contributed by atoms with Crippen molar-refractivity contribution in [3.63, 3.8) is 0 Å². The second kappa shape index (κ2) is 5.19. The third-order valence-corrected chi connectivity index (χ3v) is 4.38. The van der Waals surface area contributed by atoms with Crippen LogP contribution in [0.4, 0.5) is 0 Å². The van der Waals surface area contributed by atoms with Crippen molar-refractivity contribution in [2.75, 3.05) is 19.6 Å². The lowest BCUT2D eigenvalue weighted by Crippen LogP contribution is -2.54. The average molecular weight is 261 g/mol. The second-order valence-electron chi connectivity index (χ2n) is 6.05. The van der Waals surface area contributed by atoms with Gasteiger partial charge >= 0.3 is 0 Å². The summed E-state index contributed by atoms with van der Waals surface area (Å²) in [6.07, 6.45) is 0.791. The molecule has 19 heavy (non-hydrogen) atoms. The quantitative estimate of drug-likeness (QED) is 0.863. The molecule has 1 aromatic rings. The molecule has 0 amide bonds. The van der Waals surface area contributed by atoms with E-state index in [1.807, 2.05) is 13.0 Å². The van der Waals surface area contributed by atoms with Gasteiger partial charge in [0.25, 0.3) is 0 Å². The summed E-state index contributed by atoms with van der Waals surface area (Å²) in [7, 11) is 0. The van der Waals surface area contributed by atoms with Crippen LogP contribution in [0.5, 0.6) is 0 Å². The normalized spacial score (nSPS) is 32.5. The minimum atomic E-state index is -0.130. The molecule has 0 bridgehead atoms. The van der Waals surface area contributed by atoms with Crippen LogP contribution in [-0.2, 0) is 6.54 Å². The molecule has 3 heterocycles. The molecular formula is C15H23N3O. The topological polar surface area (TPSA) is 39.6 Å². The van der Waals surface area contributed by atoms with E-state index in [9.17, 15) is 5.11 Å². The molecular weight excluding hydrogens is 238 g/mol. The Bertz CT molecular complexity index is 451. The van der Waals surface area contributed by atoms with Crippen molar-refractivity contribution in [3.05, 3.63) is 29.6 Å². The molecule has 0 aliphatic carbocycles. The zero-order chi connectivity index (χ0) is 13.4. The Morgan fingerprint density at radius 1 is 1.32 bits per heavy atom.